The van der Waals surface area contributed by atoms with Gasteiger partial charge in [-0.2, -0.15) is 0 Å². The van der Waals surface area contributed by atoms with E-state index in [-0.39, 0.29) is 6.42 Å². The van der Waals surface area contributed by atoms with E-state index in [0.29, 0.717) is 6.29 Å². The SMILES string of the molecule is O=CCC(CO)C(=O)[O-]. The number of aliphatic carboxylic acids is 1. The van der Waals surface area contributed by atoms with E-state index >= 15 is 0 Å². The summed E-state index contributed by atoms with van der Waals surface area (Å²) >= 11 is 0. The third-order valence-electron chi connectivity index (χ3n) is 0.934. The second-order valence-corrected chi connectivity index (χ2v) is 1.60. The number of carboxylic acids is 1. The van der Waals surface area contributed by atoms with Gasteiger partial charge in [-0.15, -0.1) is 0 Å². The van der Waals surface area contributed by atoms with E-state index in [1.54, 1.807) is 0 Å². The molecule has 0 aliphatic carbocycles. The van der Waals surface area contributed by atoms with Crippen LogP contribution in [0.3, 0.4) is 0 Å². The van der Waals surface area contributed by atoms with Crippen molar-refractivity contribution in [2.75, 3.05) is 6.61 Å². The number of hydrogen-bond acceptors (Lipinski definition) is 4. The fraction of sp³-hybridized carbons (Fsp3) is 0.600. The summed E-state index contributed by atoms with van der Waals surface area (Å²) in [5.41, 5.74) is 0. The third kappa shape index (κ3) is 2.81. The van der Waals surface area contributed by atoms with Crippen LogP contribution in [0.25, 0.3) is 0 Å². The normalized spacial score (nSPS) is 12.6. The Morgan fingerprint density at radius 2 is 2.33 bits per heavy atom. The molecule has 0 rings (SSSR count). The number of aliphatic hydroxyl groups is 1. The lowest BCUT2D eigenvalue weighted by Crippen LogP contribution is -2.33. The molecule has 4 heteroatoms. The average Bonchev–Trinajstić information content (AvgIpc) is 1.82. The molecule has 0 radical (unpaired) electrons. The van der Waals surface area contributed by atoms with Crippen LogP contribution in [-0.2, 0) is 9.59 Å². The van der Waals surface area contributed by atoms with Crippen molar-refractivity contribution in [1.29, 1.82) is 0 Å². The van der Waals surface area contributed by atoms with Gasteiger partial charge in [0.2, 0.25) is 0 Å². The first-order valence-electron chi connectivity index (χ1n) is 2.47. The molecule has 0 heterocycles. The first kappa shape index (κ1) is 8.10. The van der Waals surface area contributed by atoms with Crippen LogP contribution in [0.15, 0.2) is 0 Å². The lowest BCUT2D eigenvalue weighted by atomic mass is 10.1. The highest BCUT2D eigenvalue weighted by molar-refractivity contribution is 5.71. The summed E-state index contributed by atoms with van der Waals surface area (Å²) in [6, 6.07) is 0. The van der Waals surface area contributed by atoms with Crippen molar-refractivity contribution in [2.24, 2.45) is 5.92 Å². The molecule has 9 heavy (non-hydrogen) atoms. The molecule has 0 aliphatic heterocycles. The summed E-state index contributed by atoms with van der Waals surface area (Å²) in [6.07, 6.45) is 0.259. The fourth-order valence-corrected chi connectivity index (χ4v) is 0.361. The van der Waals surface area contributed by atoms with Crippen molar-refractivity contribution in [3.05, 3.63) is 0 Å². The molecule has 0 saturated heterocycles. The Morgan fingerprint density at radius 3 is 2.44 bits per heavy atom. The Balaban J connectivity index is 3.67. The number of carboxylic acid groups (broad SMARTS) is 1. The summed E-state index contributed by atoms with van der Waals surface area (Å²) in [4.78, 5) is 19.6. The van der Waals surface area contributed by atoms with Gasteiger partial charge in [-0.1, -0.05) is 0 Å². The van der Waals surface area contributed by atoms with Gasteiger partial charge in [-0.25, -0.2) is 0 Å². The van der Waals surface area contributed by atoms with E-state index in [0.717, 1.165) is 0 Å². The largest absolute Gasteiger partial charge is 0.550 e. The molecule has 0 amide bonds. The van der Waals surface area contributed by atoms with Crippen molar-refractivity contribution >= 4 is 12.3 Å². The van der Waals surface area contributed by atoms with Crippen LogP contribution in [0.2, 0.25) is 0 Å². The van der Waals surface area contributed by atoms with Gasteiger partial charge in [0.05, 0.1) is 6.61 Å². The van der Waals surface area contributed by atoms with Gasteiger partial charge in [0.1, 0.15) is 6.29 Å². The smallest absolute Gasteiger partial charge is 0.120 e. The second-order valence-electron chi connectivity index (χ2n) is 1.60. The molecule has 0 aromatic carbocycles. The average molecular weight is 131 g/mol. The molecular formula is C5H7O4-. The van der Waals surface area contributed by atoms with E-state index in [9.17, 15) is 14.7 Å². The predicted octanol–water partition coefficient (Wildman–Crippen LogP) is -2.07. The van der Waals surface area contributed by atoms with Crippen molar-refractivity contribution in [1.82, 2.24) is 0 Å². The summed E-state index contributed by atoms with van der Waals surface area (Å²) in [7, 11) is 0. The Morgan fingerprint density at radius 1 is 1.78 bits per heavy atom. The molecule has 0 aliphatic rings. The van der Waals surface area contributed by atoms with E-state index in [1.165, 1.54) is 0 Å². The van der Waals surface area contributed by atoms with Gasteiger partial charge in [0.15, 0.2) is 0 Å². The van der Waals surface area contributed by atoms with Crippen molar-refractivity contribution in [3.63, 3.8) is 0 Å². The maximum atomic E-state index is 9.89. The Hall–Kier alpha value is -0.900. The lowest BCUT2D eigenvalue weighted by Gasteiger charge is -2.09. The summed E-state index contributed by atoms with van der Waals surface area (Å²) in [5, 5.41) is 18.1. The molecule has 0 aromatic rings. The molecule has 0 saturated carbocycles. The number of rotatable bonds is 4. The van der Waals surface area contributed by atoms with Gasteiger partial charge in [0.25, 0.3) is 0 Å². The minimum atomic E-state index is -1.38. The zero-order valence-electron chi connectivity index (χ0n) is 4.74. The van der Waals surface area contributed by atoms with Crippen molar-refractivity contribution in [3.8, 4) is 0 Å². The number of hydrogen-bond donors (Lipinski definition) is 1. The molecule has 1 N–H and O–H groups in total. The van der Waals surface area contributed by atoms with Crippen LogP contribution in [0.5, 0.6) is 0 Å². The van der Waals surface area contributed by atoms with Crippen LogP contribution >= 0.6 is 0 Å². The molecule has 1 atom stereocenters. The Bertz CT molecular complexity index is 110. The second kappa shape index (κ2) is 4.03. The first-order valence-corrected chi connectivity index (χ1v) is 2.47. The zero-order valence-corrected chi connectivity index (χ0v) is 4.74. The van der Waals surface area contributed by atoms with Gasteiger partial charge in [-0.3, -0.25) is 0 Å². The quantitative estimate of drug-likeness (QED) is 0.445. The van der Waals surface area contributed by atoms with Crippen LogP contribution < -0.4 is 5.11 Å². The van der Waals surface area contributed by atoms with Crippen LogP contribution in [0, 0.1) is 5.92 Å². The molecule has 52 valence electrons. The molecular weight excluding hydrogens is 124 g/mol. The van der Waals surface area contributed by atoms with Gasteiger partial charge in [0, 0.05) is 18.3 Å². The van der Waals surface area contributed by atoms with Crippen LogP contribution in [0.4, 0.5) is 0 Å². The lowest BCUT2D eigenvalue weighted by molar-refractivity contribution is -0.312. The highest BCUT2D eigenvalue weighted by atomic mass is 16.4. The summed E-state index contributed by atoms with van der Waals surface area (Å²) < 4.78 is 0. The van der Waals surface area contributed by atoms with Gasteiger partial charge >= 0.3 is 0 Å². The third-order valence-corrected chi connectivity index (χ3v) is 0.934. The molecule has 0 fully saturated rings. The first-order chi connectivity index (χ1) is 4.22. The molecule has 0 spiro atoms. The van der Waals surface area contributed by atoms with Gasteiger partial charge in [-0.05, 0) is 0 Å². The molecule has 0 bridgehead atoms. The predicted molar refractivity (Wildman–Crippen MR) is 26.3 cm³/mol. The number of carbonyl (C=O) groups is 2. The van der Waals surface area contributed by atoms with Crippen molar-refractivity contribution in [2.45, 2.75) is 6.42 Å². The monoisotopic (exact) mass is 131 g/mol. The molecule has 4 nitrogen and oxygen atoms in total. The van der Waals surface area contributed by atoms with E-state index < -0.39 is 18.5 Å². The van der Waals surface area contributed by atoms with E-state index in [1.807, 2.05) is 0 Å². The van der Waals surface area contributed by atoms with Gasteiger partial charge < -0.3 is 19.8 Å². The Kier molecular flexibility index (Phi) is 3.62. The molecule has 0 aromatic heterocycles. The maximum Gasteiger partial charge on any atom is 0.120 e. The number of carbonyl (C=O) groups excluding carboxylic acids is 2. The van der Waals surface area contributed by atoms with Crippen LogP contribution in [-0.4, -0.2) is 24.0 Å². The van der Waals surface area contributed by atoms with Crippen LogP contribution in [0.1, 0.15) is 6.42 Å². The number of aliphatic hydroxyl groups excluding tert-OH is 1. The number of aldehydes is 1. The summed E-state index contributed by atoms with van der Waals surface area (Å²) in [6.45, 7) is -0.541. The summed E-state index contributed by atoms with van der Waals surface area (Å²) in [5.74, 6) is -2.42. The highest BCUT2D eigenvalue weighted by Gasteiger charge is 2.05. The molecule has 1 unspecified atom stereocenters. The van der Waals surface area contributed by atoms with Crippen molar-refractivity contribution < 1.29 is 19.8 Å². The highest BCUT2D eigenvalue weighted by Crippen LogP contribution is 1.95. The standard InChI is InChI=1S/C5H8O4/c6-2-1-4(3-7)5(8)9/h2,4,7H,1,3H2,(H,8,9)/p-1. The van der Waals surface area contributed by atoms with E-state index in [4.69, 9.17) is 5.11 Å². The van der Waals surface area contributed by atoms with E-state index in [2.05, 4.69) is 0 Å². The fourth-order valence-electron chi connectivity index (χ4n) is 0.361. The minimum Gasteiger partial charge on any atom is -0.550 e. The zero-order chi connectivity index (χ0) is 7.28. The topological polar surface area (TPSA) is 77.4 Å². The Labute approximate surface area is 52.1 Å². The minimum absolute atomic E-state index is 0.182. The maximum absolute atomic E-state index is 9.89.